The largest absolute Gasteiger partial charge is 2.00 e. The molecule has 0 aliphatic heterocycles. The molecule has 4 rings (SSSR count). The van der Waals surface area contributed by atoms with E-state index in [0.717, 1.165) is 8.95 Å². The van der Waals surface area contributed by atoms with E-state index in [-0.39, 0.29) is 70.5 Å². The molecule has 54 heavy (non-hydrogen) atoms. The van der Waals surface area contributed by atoms with Crippen molar-refractivity contribution in [3.63, 3.8) is 0 Å². The number of nitrogens with two attached hydrogens (primary N) is 2. The van der Waals surface area contributed by atoms with E-state index in [9.17, 15) is 20.4 Å². The molecule has 4 aromatic carbocycles. The van der Waals surface area contributed by atoms with Gasteiger partial charge in [-0.3, -0.25) is 0 Å². The number of quaternary nitrogens is 2. The summed E-state index contributed by atoms with van der Waals surface area (Å²) < 4.78 is 1.53. The Morgan fingerprint density at radius 3 is 1.09 bits per heavy atom. The van der Waals surface area contributed by atoms with Crippen molar-refractivity contribution < 1.29 is 90.1 Å². The van der Waals surface area contributed by atoms with Crippen LogP contribution in [0, 0.1) is 0 Å². The molecule has 4 aromatic rings. The summed E-state index contributed by atoms with van der Waals surface area (Å²) in [7, 11) is 0. The van der Waals surface area contributed by atoms with Crippen LogP contribution in [0.3, 0.4) is 0 Å². The fourth-order valence-corrected chi connectivity index (χ4v) is 4.14. The fourth-order valence-electron chi connectivity index (χ4n) is 3.38. The topological polar surface area (TPSA) is 289 Å². The number of hydrogen-bond acceptors (Lipinski definition) is 8. The fraction of sp³-hybridized carbons (Fsp3) is 0.222. The van der Waals surface area contributed by atoms with Crippen molar-refractivity contribution in [1.29, 1.82) is 0 Å². The van der Waals surface area contributed by atoms with Gasteiger partial charge in [0.15, 0.2) is 0 Å². The van der Waals surface area contributed by atoms with Crippen molar-refractivity contribution in [1.82, 2.24) is 0 Å². The Hall–Kier alpha value is -3.35. The van der Waals surface area contributed by atoms with Crippen LogP contribution < -0.4 is 31.1 Å². The second-order valence-corrected chi connectivity index (χ2v) is 11.4. The molecule has 0 spiro atoms. The van der Waals surface area contributed by atoms with Crippen LogP contribution in [0.4, 0.5) is 0 Å². The Labute approximate surface area is 357 Å². The first kappa shape index (κ1) is 62.6. The number of hydrogen-bond donors (Lipinski definition) is 2. The van der Waals surface area contributed by atoms with Crippen LogP contribution in [0.25, 0.3) is 0 Å². The Morgan fingerprint density at radius 1 is 0.537 bits per heavy atom. The molecular weight excluding hydrogens is 906 g/mol. The quantitative estimate of drug-likeness (QED) is 0.137. The van der Waals surface area contributed by atoms with Gasteiger partial charge in [0.25, 0.3) is 0 Å². The van der Waals surface area contributed by atoms with Crippen LogP contribution in [0.1, 0.15) is 49.9 Å². The van der Waals surface area contributed by atoms with E-state index in [1.54, 1.807) is 72.8 Å². The molecule has 0 amide bonds. The zero-order valence-electron chi connectivity index (χ0n) is 30.1. The summed E-state index contributed by atoms with van der Waals surface area (Å²) in [6.45, 7) is 13.5. The average Bonchev–Trinajstić information content (AvgIpc) is 3.10. The molecule has 18 heteroatoms. The Bertz CT molecular complexity index is 1490. The van der Waals surface area contributed by atoms with Crippen LogP contribution in [-0.2, 0) is 59.0 Å². The van der Waals surface area contributed by atoms with Gasteiger partial charge in [0, 0.05) is 57.9 Å². The number of benzene rings is 4. The second-order valence-electron chi connectivity index (χ2n) is 9.61. The molecule has 0 aliphatic carbocycles. The Balaban J connectivity index is -0.000000157. The minimum atomic E-state index is -0.445. The molecule has 14 nitrogen and oxygen atoms in total. The third kappa shape index (κ3) is 28.1. The van der Waals surface area contributed by atoms with Gasteiger partial charge in [0.2, 0.25) is 0 Å². The zero-order valence-corrected chi connectivity index (χ0v) is 36.0. The van der Waals surface area contributed by atoms with Gasteiger partial charge in [0.05, 0.1) is 38.6 Å². The van der Waals surface area contributed by atoms with Crippen LogP contribution in [0.15, 0.2) is 126 Å². The maximum Gasteiger partial charge on any atom is 0.0726 e. The second kappa shape index (κ2) is 39.3. The van der Waals surface area contributed by atoms with E-state index >= 15 is 0 Å². The van der Waals surface area contributed by atoms with Crippen LogP contribution in [-0.4, -0.2) is 50.4 Å². The van der Waals surface area contributed by atoms with Gasteiger partial charge in [-0.15, -0.1) is 0 Å². The minimum Gasteiger partial charge on any atom is -2.00 e. The Kier molecular flexibility index (Phi) is 45.6. The summed E-state index contributed by atoms with van der Waals surface area (Å²) in [6.07, 6.45) is 2.54. The van der Waals surface area contributed by atoms with Crippen molar-refractivity contribution >= 4 is 56.1 Å². The van der Waals surface area contributed by atoms with E-state index in [2.05, 4.69) is 90.6 Å². The van der Waals surface area contributed by atoms with Gasteiger partial charge in [-0.1, -0.05) is 116 Å². The van der Waals surface area contributed by atoms with E-state index in [0.29, 0.717) is 22.3 Å². The molecule has 0 saturated carbocycles. The minimum absolute atomic E-state index is 0. The Morgan fingerprint density at radius 2 is 0.833 bits per heavy atom. The van der Waals surface area contributed by atoms with Gasteiger partial charge in [0.1, 0.15) is 0 Å². The summed E-state index contributed by atoms with van der Waals surface area (Å²) in [4.78, 5) is 0. The van der Waals surface area contributed by atoms with Crippen LogP contribution in [0.5, 0.6) is 11.5 Å². The molecule has 0 bridgehead atoms. The molecule has 0 fully saturated rings. The standard InChI is InChI=1S/2C14H11BrN2O2.2C4H11N.4O.2V/c2*15-12-6-7-13(18)11(8-12)9-16-17-14(19)10-4-2-1-3-5-10;2*1-3-5-4-2;;;;;;/h2*1-9,18H,(H,17,19);2*5H,3-4H2,1-2H3;;;;;;/q;;;;4*-2;;/p-2/b2*16-9+;;;;;;;;. The molecule has 0 heterocycles. The molecular formula is C36H42Br2N6O8V2-10. The van der Waals surface area contributed by atoms with E-state index in [1.807, 2.05) is 12.1 Å². The molecule has 0 aromatic heterocycles. The van der Waals surface area contributed by atoms with Gasteiger partial charge in [-0.2, -0.15) is 20.4 Å². The van der Waals surface area contributed by atoms with Gasteiger partial charge in [-0.05, 0) is 74.2 Å². The molecule has 0 atom stereocenters. The maximum atomic E-state index is 11.6. The van der Waals surface area contributed by atoms with Crippen molar-refractivity contribution in [2.75, 3.05) is 26.2 Å². The third-order valence-corrected chi connectivity index (χ3v) is 6.82. The summed E-state index contributed by atoms with van der Waals surface area (Å²) >= 11 is 6.51. The average molecular weight is 948 g/mol. The van der Waals surface area contributed by atoms with E-state index in [1.165, 1.54) is 50.7 Å². The predicted octanol–water partition coefficient (Wildman–Crippen LogP) is 2.03. The summed E-state index contributed by atoms with van der Waals surface area (Å²) in [6, 6.07) is 26.6. The molecule has 0 saturated heterocycles. The molecule has 0 unspecified atom stereocenters. The monoisotopic (exact) mass is 946 g/mol. The zero-order chi connectivity index (χ0) is 35.6. The van der Waals surface area contributed by atoms with E-state index < -0.39 is 11.8 Å². The number of halogens is 2. The van der Waals surface area contributed by atoms with Gasteiger partial charge in [-0.25, -0.2) is 0 Å². The first-order valence-corrected chi connectivity index (χ1v) is 17.0. The normalized spacial score (nSPS) is 9.96. The van der Waals surface area contributed by atoms with Crippen molar-refractivity contribution in [2.24, 2.45) is 20.4 Å². The predicted molar refractivity (Wildman–Crippen MR) is 197 cm³/mol. The van der Waals surface area contributed by atoms with Crippen LogP contribution >= 0.6 is 31.9 Å². The van der Waals surface area contributed by atoms with Crippen molar-refractivity contribution in [3.8, 4) is 11.5 Å². The third-order valence-electron chi connectivity index (χ3n) is 5.83. The SMILES string of the molecule is CC[NH2+]CC.CC[NH2+]CC.[O-2].[O-2].[O-2].[O-2].[O-]/C(=N\N=C\c1cc(Br)ccc1[O-])c1ccccc1.[O-]/C(=N\N=C\c1cc(Br)ccc1[O-])c1ccccc1.[V].[V]. The van der Waals surface area contributed by atoms with Gasteiger partial charge < -0.3 is 53.0 Å². The summed E-state index contributed by atoms with van der Waals surface area (Å²) in [5.41, 5.74) is 1.66. The van der Waals surface area contributed by atoms with E-state index in [4.69, 9.17) is 0 Å². The molecule has 2 radical (unpaired) electrons. The molecule has 4 N–H and O–H groups in total. The first-order valence-electron chi connectivity index (χ1n) is 15.4. The number of rotatable bonds is 10. The van der Waals surface area contributed by atoms with Crippen LogP contribution in [0.2, 0.25) is 0 Å². The van der Waals surface area contributed by atoms with Crippen molar-refractivity contribution in [3.05, 3.63) is 128 Å². The molecule has 0 aliphatic rings. The van der Waals surface area contributed by atoms with Gasteiger partial charge >= 0.3 is 0 Å². The van der Waals surface area contributed by atoms with Crippen molar-refractivity contribution in [2.45, 2.75) is 27.7 Å². The first-order chi connectivity index (χ1) is 23.2. The smallest absolute Gasteiger partial charge is 0.0726 e. The maximum absolute atomic E-state index is 11.6. The number of nitrogens with zero attached hydrogens (tertiary/aromatic N) is 4. The summed E-state index contributed by atoms with van der Waals surface area (Å²) in [5.74, 6) is -1.23. The molecule has 298 valence electrons. The summed E-state index contributed by atoms with van der Waals surface area (Å²) in [5, 5.41) is 65.1.